The van der Waals surface area contributed by atoms with Crippen LogP contribution < -0.4 is 10.2 Å². The minimum atomic E-state index is -5.01. The minimum absolute atomic E-state index is 0.0418. The van der Waals surface area contributed by atoms with Crippen LogP contribution in [0.25, 0.3) is 11.3 Å². The standard InChI is InChI=1S/C30H30F6N6O2/c1-18-6-3-4-7-23(18)25-24-26(39-28(38-25)41-12-10-40(11-13-41)19(2)43)37-8-5-9-42(27(24)44)17-20-14-21(29(31,32)33)16-22(15-20)30(34,35)36/h3-4,6-7,14-16H,5,8-13,17H2,1-2H3,(H,37,38,39). The number of alkyl halides is 6. The van der Waals surface area contributed by atoms with Gasteiger partial charge in [0.05, 0.1) is 16.8 Å². The van der Waals surface area contributed by atoms with Crippen molar-refractivity contribution in [1.29, 1.82) is 0 Å². The molecule has 3 aromatic rings. The number of carbonyl (C=O) groups excluding carboxylic acids is 2. The van der Waals surface area contributed by atoms with Crippen LogP contribution in [0.2, 0.25) is 0 Å². The van der Waals surface area contributed by atoms with E-state index in [0.717, 1.165) is 5.56 Å². The van der Waals surface area contributed by atoms with Gasteiger partial charge in [-0.3, -0.25) is 9.59 Å². The molecule has 44 heavy (non-hydrogen) atoms. The molecule has 3 heterocycles. The number of rotatable bonds is 4. The average Bonchev–Trinajstić information content (AvgIpc) is 2.96. The van der Waals surface area contributed by atoms with Gasteiger partial charge in [0.2, 0.25) is 11.9 Å². The van der Waals surface area contributed by atoms with Gasteiger partial charge in [0.25, 0.3) is 5.91 Å². The number of aromatic nitrogens is 2. The third kappa shape index (κ3) is 6.58. The molecule has 1 N–H and O–H groups in total. The molecule has 0 unspecified atom stereocenters. The molecule has 2 amide bonds. The predicted molar refractivity (Wildman–Crippen MR) is 151 cm³/mol. The van der Waals surface area contributed by atoms with Crippen LogP contribution >= 0.6 is 0 Å². The van der Waals surface area contributed by atoms with Crippen molar-refractivity contribution in [2.24, 2.45) is 0 Å². The molecule has 14 heteroatoms. The molecule has 5 rings (SSSR count). The monoisotopic (exact) mass is 620 g/mol. The van der Waals surface area contributed by atoms with E-state index in [-0.39, 0.29) is 35.5 Å². The number of hydrogen-bond donors (Lipinski definition) is 1. The lowest BCUT2D eigenvalue weighted by Gasteiger charge is -2.35. The van der Waals surface area contributed by atoms with Gasteiger partial charge < -0.3 is 20.0 Å². The summed E-state index contributed by atoms with van der Waals surface area (Å²) in [4.78, 5) is 40.3. The van der Waals surface area contributed by atoms with E-state index in [4.69, 9.17) is 4.98 Å². The summed E-state index contributed by atoms with van der Waals surface area (Å²) < 4.78 is 81.3. The van der Waals surface area contributed by atoms with Gasteiger partial charge in [-0.2, -0.15) is 31.3 Å². The van der Waals surface area contributed by atoms with Gasteiger partial charge in [-0.05, 0) is 42.7 Å². The van der Waals surface area contributed by atoms with Crippen molar-refractivity contribution in [1.82, 2.24) is 19.8 Å². The fourth-order valence-electron chi connectivity index (χ4n) is 5.39. The van der Waals surface area contributed by atoms with Crippen LogP contribution in [0.3, 0.4) is 0 Å². The highest BCUT2D eigenvalue weighted by molar-refractivity contribution is 6.05. The lowest BCUT2D eigenvalue weighted by molar-refractivity contribution is -0.143. The number of fused-ring (bicyclic) bond motifs is 1. The fraction of sp³-hybridized carbons (Fsp3) is 0.400. The largest absolute Gasteiger partial charge is 0.416 e. The smallest absolute Gasteiger partial charge is 0.369 e. The van der Waals surface area contributed by atoms with Crippen LogP contribution in [0.1, 0.15) is 46.0 Å². The van der Waals surface area contributed by atoms with Crippen molar-refractivity contribution in [3.8, 4) is 11.3 Å². The van der Waals surface area contributed by atoms with Gasteiger partial charge in [0, 0.05) is 58.3 Å². The van der Waals surface area contributed by atoms with E-state index in [1.807, 2.05) is 24.0 Å². The first kappa shape index (κ1) is 31.1. The van der Waals surface area contributed by atoms with Crippen molar-refractivity contribution in [2.45, 2.75) is 39.2 Å². The van der Waals surface area contributed by atoms with E-state index in [1.165, 1.54) is 11.8 Å². The number of benzene rings is 2. The number of amides is 2. The van der Waals surface area contributed by atoms with Crippen LogP contribution in [0.4, 0.5) is 38.1 Å². The first-order valence-corrected chi connectivity index (χ1v) is 14.0. The lowest BCUT2D eigenvalue weighted by Crippen LogP contribution is -2.48. The molecule has 0 bridgehead atoms. The molecular weight excluding hydrogens is 590 g/mol. The molecule has 0 radical (unpaired) electrons. The van der Waals surface area contributed by atoms with Gasteiger partial charge in [-0.25, -0.2) is 4.98 Å². The van der Waals surface area contributed by atoms with Crippen LogP contribution in [0.15, 0.2) is 42.5 Å². The molecule has 1 aromatic heterocycles. The summed E-state index contributed by atoms with van der Waals surface area (Å²) in [6.45, 7) is 5.13. The highest BCUT2D eigenvalue weighted by Gasteiger charge is 2.38. The van der Waals surface area contributed by atoms with Crippen LogP contribution in [-0.4, -0.2) is 70.9 Å². The summed E-state index contributed by atoms with van der Waals surface area (Å²) >= 11 is 0. The summed E-state index contributed by atoms with van der Waals surface area (Å²) in [5, 5.41) is 3.19. The van der Waals surface area contributed by atoms with E-state index in [2.05, 4.69) is 10.3 Å². The van der Waals surface area contributed by atoms with Crippen LogP contribution in [-0.2, 0) is 23.7 Å². The number of anilines is 2. The van der Waals surface area contributed by atoms with Gasteiger partial charge in [-0.1, -0.05) is 24.3 Å². The normalized spacial score (nSPS) is 16.3. The Labute approximate surface area is 249 Å². The Balaban J connectivity index is 1.58. The van der Waals surface area contributed by atoms with Crippen molar-refractivity contribution in [2.75, 3.05) is 49.5 Å². The van der Waals surface area contributed by atoms with Crippen molar-refractivity contribution >= 4 is 23.6 Å². The zero-order valence-electron chi connectivity index (χ0n) is 24.0. The van der Waals surface area contributed by atoms with Crippen molar-refractivity contribution in [3.05, 3.63) is 70.3 Å². The fourth-order valence-corrected chi connectivity index (χ4v) is 5.39. The molecule has 2 aliphatic rings. The van der Waals surface area contributed by atoms with Crippen molar-refractivity contribution in [3.63, 3.8) is 0 Å². The Morgan fingerprint density at radius 2 is 1.55 bits per heavy atom. The molecule has 234 valence electrons. The zero-order chi connectivity index (χ0) is 31.8. The summed E-state index contributed by atoms with van der Waals surface area (Å²) in [5.74, 6) is -0.105. The molecule has 2 aromatic carbocycles. The molecule has 0 aliphatic carbocycles. The van der Waals surface area contributed by atoms with Gasteiger partial charge in [-0.15, -0.1) is 0 Å². The number of piperazine rings is 1. The number of aryl methyl sites for hydroxylation is 1. The predicted octanol–water partition coefficient (Wildman–Crippen LogP) is 5.62. The van der Waals surface area contributed by atoms with E-state index < -0.39 is 35.9 Å². The molecule has 0 saturated carbocycles. The van der Waals surface area contributed by atoms with Crippen LogP contribution in [0.5, 0.6) is 0 Å². The molecular formula is C30H30F6N6O2. The topological polar surface area (TPSA) is 81.7 Å². The van der Waals surface area contributed by atoms with Gasteiger partial charge in [0.15, 0.2) is 0 Å². The summed E-state index contributed by atoms with van der Waals surface area (Å²) in [6, 6.07) is 8.58. The number of hydrogen-bond acceptors (Lipinski definition) is 6. The van der Waals surface area contributed by atoms with E-state index in [9.17, 15) is 35.9 Å². The third-order valence-corrected chi connectivity index (χ3v) is 7.72. The molecule has 8 nitrogen and oxygen atoms in total. The number of nitrogens with zero attached hydrogens (tertiary/aromatic N) is 5. The second-order valence-corrected chi connectivity index (χ2v) is 10.8. The highest BCUT2D eigenvalue weighted by Crippen LogP contribution is 2.38. The van der Waals surface area contributed by atoms with Crippen molar-refractivity contribution < 1.29 is 35.9 Å². The van der Waals surface area contributed by atoms with E-state index in [1.54, 1.807) is 17.0 Å². The minimum Gasteiger partial charge on any atom is -0.369 e. The van der Waals surface area contributed by atoms with Gasteiger partial charge >= 0.3 is 12.4 Å². The Morgan fingerprint density at radius 1 is 0.909 bits per heavy atom. The summed E-state index contributed by atoms with van der Waals surface area (Å²) in [7, 11) is 0. The zero-order valence-corrected chi connectivity index (χ0v) is 24.0. The maximum atomic E-state index is 14.2. The summed E-state index contributed by atoms with van der Waals surface area (Å²) in [5.41, 5.74) is -1.38. The molecule has 2 aliphatic heterocycles. The SMILES string of the molecule is CC(=O)N1CCN(c2nc3c(c(-c4ccccc4C)n2)C(=O)N(Cc2cc(C(F)(F)F)cc(C(F)(F)F)c2)CCCN3)CC1. The van der Waals surface area contributed by atoms with Crippen LogP contribution in [0, 0.1) is 6.92 Å². The highest BCUT2D eigenvalue weighted by atomic mass is 19.4. The first-order valence-electron chi connectivity index (χ1n) is 14.0. The second kappa shape index (κ2) is 12.0. The maximum Gasteiger partial charge on any atom is 0.416 e. The Hall–Kier alpha value is -4.36. The third-order valence-electron chi connectivity index (χ3n) is 7.72. The number of carbonyl (C=O) groups is 2. The van der Waals surface area contributed by atoms with E-state index >= 15 is 0 Å². The molecule has 1 fully saturated rings. The Bertz CT molecular complexity index is 1530. The summed E-state index contributed by atoms with van der Waals surface area (Å²) in [6.07, 6.45) is -9.65. The Morgan fingerprint density at radius 3 is 2.14 bits per heavy atom. The molecule has 1 saturated heterocycles. The number of halogens is 6. The average molecular weight is 621 g/mol. The number of nitrogens with one attached hydrogen (secondary N) is 1. The lowest BCUT2D eigenvalue weighted by atomic mass is 9.99. The maximum absolute atomic E-state index is 14.2. The quantitative estimate of drug-likeness (QED) is 0.382. The van der Waals surface area contributed by atoms with E-state index in [0.29, 0.717) is 68.5 Å². The second-order valence-electron chi connectivity index (χ2n) is 10.8. The first-order chi connectivity index (χ1) is 20.7. The van der Waals surface area contributed by atoms with Gasteiger partial charge in [0.1, 0.15) is 11.4 Å². The Kier molecular flexibility index (Phi) is 8.45. The molecule has 0 spiro atoms. The molecule has 0 atom stereocenters.